The van der Waals surface area contributed by atoms with E-state index in [4.69, 9.17) is 0 Å². The predicted molar refractivity (Wildman–Crippen MR) is 96.4 cm³/mol. The smallest absolute Gasteiger partial charge is 0.272 e. The summed E-state index contributed by atoms with van der Waals surface area (Å²) < 4.78 is 13.6. The van der Waals surface area contributed by atoms with Crippen molar-refractivity contribution in [3.63, 3.8) is 0 Å². The molecule has 0 aliphatic carbocycles. The van der Waals surface area contributed by atoms with E-state index >= 15 is 0 Å². The van der Waals surface area contributed by atoms with Gasteiger partial charge in [0.2, 0.25) is 0 Å². The lowest BCUT2D eigenvalue weighted by atomic mass is 10.1. The van der Waals surface area contributed by atoms with Crippen molar-refractivity contribution in [2.24, 2.45) is 0 Å². The molecule has 2 amide bonds. The number of piperidine rings is 1. The van der Waals surface area contributed by atoms with Gasteiger partial charge in [0.15, 0.2) is 0 Å². The van der Waals surface area contributed by atoms with Crippen molar-refractivity contribution >= 4 is 11.8 Å². The van der Waals surface area contributed by atoms with Crippen LogP contribution >= 0.6 is 0 Å². The Balaban J connectivity index is 1.59. The number of carbonyl (C=O) groups excluding carboxylic acids is 2. The molecule has 0 saturated carbocycles. The fourth-order valence-electron chi connectivity index (χ4n) is 3.06. The van der Waals surface area contributed by atoms with Crippen molar-refractivity contribution in [2.45, 2.75) is 25.7 Å². The van der Waals surface area contributed by atoms with Gasteiger partial charge in [-0.25, -0.2) is 4.39 Å². The van der Waals surface area contributed by atoms with Gasteiger partial charge >= 0.3 is 0 Å². The third-order valence-electron chi connectivity index (χ3n) is 4.52. The zero-order valence-corrected chi connectivity index (χ0v) is 14.6. The Kier molecular flexibility index (Phi) is 5.94. The monoisotopic (exact) mass is 355 g/mol. The molecule has 1 aromatic carbocycles. The molecule has 3 rings (SSSR count). The summed E-state index contributed by atoms with van der Waals surface area (Å²) in [6, 6.07) is 9.60. The lowest BCUT2D eigenvalue weighted by Crippen LogP contribution is -2.36. The number of aromatic nitrogens is 1. The van der Waals surface area contributed by atoms with Crippen LogP contribution in [0, 0.1) is 5.82 Å². The van der Waals surface area contributed by atoms with Crippen LogP contribution < -0.4 is 5.32 Å². The molecule has 136 valence electrons. The van der Waals surface area contributed by atoms with Crippen LogP contribution in [0.25, 0.3) is 0 Å². The maximum absolute atomic E-state index is 13.6. The SMILES string of the molecule is O=C(NCCc1ccccc1F)c1ccnc(C(=O)N2CCCCC2)c1. The minimum Gasteiger partial charge on any atom is -0.352 e. The Labute approximate surface area is 152 Å². The number of carbonyl (C=O) groups is 2. The average Bonchev–Trinajstić information content (AvgIpc) is 2.69. The molecular weight excluding hydrogens is 333 g/mol. The summed E-state index contributed by atoms with van der Waals surface area (Å²) in [4.78, 5) is 30.7. The Morgan fingerprint density at radius 1 is 1.12 bits per heavy atom. The molecule has 1 saturated heterocycles. The standard InChI is InChI=1S/C20H22FN3O2/c21-17-7-3-2-6-15(17)8-11-23-19(25)16-9-10-22-18(14-16)20(26)24-12-4-1-5-13-24/h2-3,6-7,9-10,14H,1,4-5,8,11-13H2,(H,23,25). The summed E-state index contributed by atoms with van der Waals surface area (Å²) in [7, 11) is 0. The molecule has 6 heteroatoms. The van der Waals surface area contributed by atoms with Crippen LogP contribution in [0.1, 0.15) is 45.7 Å². The molecule has 2 heterocycles. The Morgan fingerprint density at radius 2 is 1.88 bits per heavy atom. The molecule has 5 nitrogen and oxygen atoms in total. The van der Waals surface area contributed by atoms with E-state index in [9.17, 15) is 14.0 Å². The maximum atomic E-state index is 13.6. The number of rotatable bonds is 5. The molecule has 0 bridgehead atoms. The minimum absolute atomic E-state index is 0.134. The summed E-state index contributed by atoms with van der Waals surface area (Å²) in [6.45, 7) is 1.79. The number of nitrogens with zero attached hydrogens (tertiary/aromatic N) is 2. The highest BCUT2D eigenvalue weighted by molar-refractivity contribution is 5.98. The van der Waals surface area contributed by atoms with E-state index in [1.165, 1.54) is 18.3 Å². The Bertz CT molecular complexity index is 788. The summed E-state index contributed by atoms with van der Waals surface area (Å²) in [5.41, 5.74) is 1.23. The first-order valence-corrected chi connectivity index (χ1v) is 8.92. The topological polar surface area (TPSA) is 62.3 Å². The molecule has 0 spiro atoms. The largest absolute Gasteiger partial charge is 0.352 e. The molecule has 1 N–H and O–H groups in total. The summed E-state index contributed by atoms with van der Waals surface area (Å²) >= 11 is 0. The quantitative estimate of drug-likeness (QED) is 0.897. The van der Waals surface area contributed by atoms with Crippen molar-refractivity contribution in [3.05, 3.63) is 65.2 Å². The van der Waals surface area contributed by atoms with E-state index in [1.807, 2.05) is 0 Å². The zero-order chi connectivity index (χ0) is 18.4. The number of amides is 2. The number of nitrogens with one attached hydrogen (secondary N) is 1. The molecule has 0 radical (unpaired) electrons. The predicted octanol–water partition coefficient (Wildman–Crippen LogP) is 2.82. The van der Waals surface area contributed by atoms with Crippen LogP contribution in [0.4, 0.5) is 4.39 Å². The van der Waals surface area contributed by atoms with Crippen molar-refractivity contribution in [3.8, 4) is 0 Å². The minimum atomic E-state index is -0.295. The Morgan fingerprint density at radius 3 is 2.65 bits per heavy atom. The van der Waals surface area contributed by atoms with E-state index < -0.39 is 0 Å². The average molecular weight is 355 g/mol. The number of pyridine rings is 1. The van der Waals surface area contributed by atoms with Crippen molar-refractivity contribution in [1.82, 2.24) is 15.2 Å². The first kappa shape index (κ1) is 18.0. The number of hydrogen-bond acceptors (Lipinski definition) is 3. The van der Waals surface area contributed by atoms with Crippen LogP contribution in [0.5, 0.6) is 0 Å². The molecule has 0 atom stereocenters. The summed E-state index contributed by atoms with van der Waals surface area (Å²) in [5, 5.41) is 2.76. The molecule has 2 aromatic rings. The van der Waals surface area contributed by atoms with Gasteiger partial charge in [-0.15, -0.1) is 0 Å². The molecule has 0 unspecified atom stereocenters. The Hall–Kier alpha value is -2.76. The summed E-state index contributed by atoms with van der Waals surface area (Å²) in [6.07, 6.45) is 5.03. The van der Waals surface area contributed by atoms with Crippen molar-refractivity contribution < 1.29 is 14.0 Å². The lowest BCUT2D eigenvalue weighted by Gasteiger charge is -2.26. The van der Waals surface area contributed by atoms with Gasteiger partial charge in [-0.2, -0.15) is 0 Å². The highest BCUT2D eigenvalue weighted by Crippen LogP contribution is 2.13. The third-order valence-corrected chi connectivity index (χ3v) is 4.52. The van der Waals surface area contributed by atoms with E-state index in [1.54, 1.807) is 29.2 Å². The fourth-order valence-corrected chi connectivity index (χ4v) is 3.06. The molecular formula is C20H22FN3O2. The van der Waals surface area contributed by atoms with Gasteiger partial charge in [-0.05, 0) is 49.4 Å². The zero-order valence-electron chi connectivity index (χ0n) is 14.6. The van der Waals surface area contributed by atoms with Crippen LogP contribution in [0.2, 0.25) is 0 Å². The molecule has 26 heavy (non-hydrogen) atoms. The molecule has 1 fully saturated rings. The first-order chi connectivity index (χ1) is 12.6. The number of halogens is 1. The van der Waals surface area contributed by atoms with E-state index in [0.29, 0.717) is 24.1 Å². The number of benzene rings is 1. The number of hydrogen-bond donors (Lipinski definition) is 1. The second-order valence-electron chi connectivity index (χ2n) is 6.38. The van der Waals surface area contributed by atoms with Gasteiger partial charge in [-0.1, -0.05) is 18.2 Å². The molecule has 1 aromatic heterocycles. The van der Waals surface area contributed by atoms with Crippen molar-refractivity contribution in [2.75, 3.05) is 19.6 Å². The maximum Gasteiger partial charge on any atom is 0.272 e. The summed E-state index contributed by atoms with van der Waals surface area (Å²) in [5.74, 6) is -0.706. The second-order valence-corrected chi connectivity index (χ2v) is 6.38. The number of likely N-dealkylation sites (tertiary alicyclic amines) is 1. The fraction of sp³-hybridized carbons (Fsp3) is 0.350. The van der Waals surface area contributed by atoms with Gasteiger partial charge in [0.25, 0.3) is 11.8 Å². The van der Waals surface area contributed by atoms with Gasteiger partial charge in [0, 0.05) is 31.4 Å². The third kappa shape index (κ3) is 4.45. The van der Waals surface area contributed by atoms with E-state index in [2.05, 4.69) is 10.3 Å². The normalized spacial score (nSPS) is 14.1. The van der Waals surface area contributed by atoms with Gasteiger partial charge in [0.05, 0.1) is 0 Å². The molecule has 1 aliphatic rings. The lowest BCUT2D eigenvalue weighted by molar-refractivity contribution is 0.0718. The van der Waals surface area contributed by atoms with Crippen LogP contribution in [0.15, 0.2) is 42.6 Å². The van der Waals surface area contributed by atoms with Gasteiger partial charge < -0.3 is 10.2 Å². The molecule has 1 aliphatic heterocycles. The van der Waals surface area contributed by atoms with Crippen LogP contribution in [0.3, 0.4) is 0 Å². The first-order valence-electron chi connectivity index (χ1n) is 8.92. The van der Waals surface area contributed by atoms with E-state index in [0.717, 1.165) is 32.4 Å². The van der Waals surface area contributed by atoms with Crippen LogP contribution in [-0.4, -0.2) is 41.3 Å². The van der Waals surface area contributed by atoms with Crippen molar-refractivity contribution in [1.29, 1.82) is 0 Å². The highest BCUT2D eigenvalue weighted by atomic mass is 19.1. The second kappa shape index (κ2) is 8.56. The van der Waals surface area contributed by atoms with E-state index in [-0.39, 0.29) is 23.3 Å². The highest BCUT2D eigenvalue weighted by Gasteiger charge is 2.20. The van der Waals surface area contributed by atoms with Crippen LogP contribution in [-0.2, 0) is 6.42 Å². The van der Waals surface area contributed by atoms with Gasteiger partial charge in [-0.3, -0.25) is 14.6 Å². The van der Waals surface area contributed by atoms with Gasteiger partial charge in [0.1, 0.15) is 11.5 Å².